The van der Waals surface area contributed by atoms with Crippen LogP contribution in [0.1, 0.15) is 38.2 Å². The number of likely N-dealkylation sites (tertiary alicyclic amines) is 2. The van der Waals surface area contributed by atoms with E-state index in [4.69, 9.17) is 0 Å². The maximum absolute atomic E-state index is 13.4. The first-order valence-corrected chi connectivity index (χ1v) is 12.3. The topological polar surface area (TPSA) is 64.7 Å². The number of piperidine rings is 2. The average Bonchev–Trinajstić information content (AvgIpc) is 2.85. The minimum atomic E-state index is -0.366. The molecule has 1 atom stereocenters. The molecule has 2 aliphatic heterocycles. The van der Waals surface area contributed by atoms with E-state index < -0.39 is 0 Å². The predicted molar refractivity (Wildman–Crippen MR) is 132 cm³/mol. The Balaban J connectivity index is 1.17. The fourth-order valence-corrected chi connectivity index (χ4v) is 4.92. The zero-order valence-corrected chi connectivity index (χ0v) is 19.9. The fourth-order valence-electron chi connectivity index (χ4n) is 4.92. The van der Waals surface area contributed by atoms with Crippen LogP contribution in [0.5, 0.6) is 0 Å². The molecule has 0 aromatic heterocycles. The van der Waals surface area contributed by atoms with Gasteiger partial charge in [0.05, 0.1) is 6.04 Å². The monoisotopic (exact) mass is 466 g/mol. The van der Waals surface area contributed by atoms with Crippen molar-refractivity contribution >= 4 is 17.5 Å². The van der Waals surface area contributed by atoms with Gasteiger partial charge in [-0.2, -0.15) is 0 Å². The summed E-state index contributed by atoms with van der Waals surface area (Å²) in [6.07, 6.45) is 3.31. The highest BCUT2D eigenvalue weighted by Crippen LogP contribution is 2.22. The minimum Gasteiger partial charge on any atom is -0.352 e. The number of amides is 2. The summed E-state index contributed by atoms with van der Waals surface area (Å²) >= 11 is 0. The van der Waals surface area contributed by atoms with Crippen LogP contribution < -0.4 is 10.6 Å². The summed E-state index contributed by atoms with van der Waals surface area (Å²) in [5.74, 6) is -0.494. The van der Waals surface area contributed by atoms with Crippen LogP contribution in [0.2, 0.25) is 0 Å². The number of rotatable bonds is 7. The second-order valence-corrected chi connectivity index (χ2v) is 9.53. The lowest BCUT2D eigenvalue weighted by atomic mass is 9.94. The van der Waals surface area contributed by atoms with Crippen molar-refractivity contribution in [3.8, 4) is 0 Å². The third-order valence-electron chi connectivity index (χ3n) is 7.10. The summed E-state index contributed by atoms with van der Waals surface area (Å²) in [6.45, 7) is 6.28. The Morgan fingerprint density at radius 3 is 2.35 bits per heavy atom. The summed E-state index contributed by atoms with van der Waals surface area (Å²) in [5, 5.41) is 6.06. The maximum atomic E-state index is 13.4. The van der Waals surface area contributed by atoms with Crippen molar-refractivity contribution in [2.75, 3.05) is 31.5 Å². The number of nitrogens with one attached hydrogen (secondary N) is 2. The molecule has 0 aliphatic carbocycles. The summed E-state index contributed by atoms with van der Waals surface area (Å²) < 4.78 is 13.4. The van der Waals surface area contributed by atoms with Gasteiger partial charge in [-0.25, -0.2) is 4.39 Å². The van der Waals surface area contributed by atoms with Gasteiger partial charge in [0, 0.05) is 37.3 Å². The maximum Gasteiger partial charge on any atom is 0.237 e. The van der Waals surface area contributed by atoms with E-state index in [1.54, 1.807) is 12.1 Å². The highest BCUT2D eigenvalue weighted by atomic mass is 19.1. The first-order valence-electron chi connectivity index (χ1n) is 12.3. The first-order chi connectivity index (χ1) is 16.5. The molecule has 4 rings (SSSR count). The molecular formula is C27H35FN4O2. The Morgan fingerprint density at radius 1 is 0.971 bits per heavy atom. The Bertz CT molecular complexity index is 954. The smallest absolute Gasteiger partial charge is 0.237 e. The van der Waals surface area contributed by atoms with E-state index in [1.807, 2.05) is 13.0 Å². The molecule has 7 heteroatoms. The van der Waals surface area contributed by atoms with Crippen LogP contribution in [0.25, 0.3) is 0 Å². The van der Waals surface area contributed by atoms with Gasteiger partial charge in [-0.05, 0) is 69.5 Å². The molecule has 0 radical (unpaired) electrons. The van der Waals surface area contributed by atoms with Crippen LogP contribution in [0.4, 0.5) is 10.1 Å². The molecule has 2 fully saturated rings. The summed E-state index contributed by atoms with van der Waals surface area (Å²) in [4.78, 5) is 30.1. The molecule has 6 nitrogen and oxygen atoms in total. The van der Waals surface area contributed by atoms with Crippen molar-refractivity contribution in [3.63, 3.8) is 0 Å². The molecular weight excluding hydrogens is 431 g/mol. The van der Waals surface area contributed by atoms with Crippen LogP contribution in [-0.4, -0.2) is 59.9 Å². The number of halogens is 1. The van der Waals surface area contributed by atoms with Gasteiger partial charge in [0.1, 0.15) is 5.82 Å². The van der Waals surface area contributed by atoms with Crippen molar-refractivity contribution in [1.82, 2.24) is 15.1 Å². The lowest BCUT2D eigenvalue weighted by Gasteiger charge is -2.37. The van der Waals surface area contributed by atoms with Crippen molar-refractivity contribution in [2.45, 2.75) is 51.2 Å². The first kappa shape index (κ1) is 24.4. The highest BCUT2D eigenvalue weighted by molar-refractivity contribution is 5.92. The van der Waals surface area contributed by atoms with Crippen molar-refractivity contribution in [1.29, 1.82) is 0 Å². The summed E-state index contributed by atoms with van der Waals surface area (Å²) in [6, 6.07) is 16.5. The highest BCUT2D eigenvalue weighted by Gasteiger charge is 2.31. The molecule has 1 unspecified atom stereocenters. The van der Waals surface area contributed by atoms with E-state index in [2.05, 4.69) is 44.7 Å². The molecule has 34 heavy (non-hydrogen) atoms. The molecule has 2 saturated heterocycles. The number of carbonyl (C=O) groups excluding carboxylic acids is 2. The third-order valence-corrected chi connectivity index (χ3v) is 7.10. The van der Waals surface area contributed by atoms with Crippen LogP contribution in [0.3, 0.4) is 0 Å². The van der Waals surface area contributed by atoms with E-state index in [0.29, 0.717) is 31.6 Å². The normalized spacial score (nSPS) is 19.5. The second-order valence-electron chi connectivity index (χ2n) is 9.53. The largest absolute Gasteiger partial charge is 0.352 e. The number of nitrogens with zero attached hydrogens (tertiary/aromatic N) is 2. The van der Waals surface area contributed by atoms with Gasteiger partial charge < -0.3 is 10.6 Å². The van der Waals surface area contributed by atoms with Crippen LogP contribution >= 0.6 is 0 Å². The summed E-state index contributed by atoms with van der Waals surface area (Å²) in [5.41, 5.74) is 1.81. The van der Waals surface area contributed by atoms with Crippen molar-refractivity contribution < 1.29 is 14.0 Å². The lowest BCUT2D eigenvalue weighted by Crippen LogP contribution is -2.53. The van der Waals surface area contributed by atoms with Gasteiger partial charge in [0.15, 0.2) is 0 Å². The minimum absolute atomic E-state index is 0.0733. The third kappa shape index (κ3) is 6.64. The van der Waals surface area contributed by atoms with Crippen LogP contribution in [0, 0.1) is 11.7 Å². The van der Waals surface area contributed by atoms with Gasteiger partial charge in [0.25, 0.3) is 0 Å². The fraction of sp³-hybridized carbons (Fsp3) is 0.481. The predicted octanol–water partition coefficient (Wildman–Crippen LogP) is 3.65. The second kappa shape index (κ2) is 11.6. The van der Waals surface area contributed by atoms with Gasteiger partial charge in [-0.15, -0.1) is 0 Å². The van der Waals surface area contributed by atoms with E-state index in [1.165, 1.54) is 17.7 Å². The zero-order chi connectivity index (χ0) is 23.9. The molecule has 182 valence electrons. The number of carbonyl (C=O) groups is 2. The Kier molecular flexibility index (Phi) is 8.29. The molecule has 2 aromatic rings. The quantitative estimate of drug-likeness (QED) is 0.654. The molecule has 2 amide bonds. The van der Waals surface area contributed by atoms with Crippen LogP contribution in [-0.2, 0) is 16.1 Å². The van der Waals surface area contributed by atoms with E-state index in [9.17, 15) is 14.0 Å². The molecule has 0 bridgehead atoms. The SMILES string of the molecule is CC(C(=O)NC1CCN(Cc2ccccc2)CC1)N1CCC(C(=O)Nc2cccc(F)c2)CC1. The Hall–Kier alpha value is -2.77. The number of anilines is 1. The van der Waals surface area contributed by atoms with E-state index in [-0.39, 0.29) is 35.6 Å². The zero-order valence-electron chi connectivity index (χ0n) is 19.9. The number of hydrogen-bond donors (Lipinski definition) is 2. The van der Waals surface area contributed by atoms with E-state index in [0.717, 1.165) is 32.5 Å². The van der Waals surface area contributed by atoms with Crippen molar-refractivity contribution in [3.05, 3.63) is 66.0 Å². The molecule has 0 spiro atoms. The van der Waals surface area contributed by atoms with Crippen LogP contribution in [0.15, 0.2) is 54.6 Å². The summed E-state index contributed by atoms with van der Waals surface area (Å²) in [7, 11) is 0. The van der Waals surface area contributed by atoms with Gasteiger partial charge in [0.2, 0.25) is 11.8 Å². The van der Waals surface area contributed by atoms with Crippen molar-refractivity contribution in [2.24, 2.45) is 5.92 Å². The van der Waals surface area contributed by atoms with Gasteiger partial charge in [-0.1, -0.05) is 36.4 Å². The number of benzene rings is 2. The molecule has 0 saturated carbocycles. The Morgan fingerprint density at radius 2 is 1.68 bits per heavy atom. The standard InChI is InChI=1S/C27H35FN4O2/c1-20(26(33)29-24-12-14-31(15-13-24)19-21-6-3-2-4-7-21)32-16-10-22(11-17-32)27(34)30-25-9-5-8-23(28)18-25/h2-9,18,20,22,24H,10-17,19H2,1H3,(H,29,33)(H,30,34). The molecule has 2 aliphatic rings. The molecule has 2 aromatic carbocycles. The Labute approximate surface area is 201 Å². The molecule has 2 heterocycles. The van der Waals surface area contributed by atoms with Gasteiger partial charge in [-0.3, -0.25) is 19.4 Å². The average molecular weight is 467 g/mol. The number of hydrogen-bond acceptors (Lipinski definition) is 4. The van der Waals surface area contributed by atoms with E-state index >= 15 is 0 Å². The lowest BCUT2D eigenvalue weighted by molar-refractivity contribution is -0.128. The molecule has 2 N–H and O–H groups in total. The van der Waals surface area contributed by atoms with Gasteiger partial charge >= 0.3 is 0 Å².